The summed E-state index contributed by atoms with van der Waals surface area (Å²) in [6, 6.07) is 6.53. The van der Waals surface area contributed by atoms with Crippen LogP contribution in [0.4, 0.5) is 0 Å². The van der Waals surface area contributed by atoms with Crippen LogP contribution in [0, 0.1) is 12.3 Å². The van der Waals surface area contributed by atoms with Crippen LogP contribution in [0.5, 0.6) is 0 Å². The Kier molecular flexibility index (Phi) is 1.80. The Bertz CT molecular complexity index is 440. The summed E-state index contributed by atoms with van der Waals surface area (Å²) in [7, 11) is 0. The molecule has 0 bridgehead atoms. The zero-order valence-electron chi connectivity index (χ0n) is 8.59. The maximum absolute atomic E-state index is 2.40. The van der Waals surface area contributed by atoms with Crippen LogP contribution >= 0.6 is 0 Å². The van der Waals surface area contributed by atoms with Crippen molar-refractivity contribution in [3.8, 4) is 0 Å². The van der Waals surface area contributed by atoms with Crippen molar-refractivity contribution >= 4 is 12.2 Å². The van der Waals surface area contributed by atoms with Crippen LogP contribution in [0.2, 0.25) is 0 Å². The van der Waals surface area contributed by atoms with E-state index in [0.29, 0.717) is 0 Å². The second kappa shape index (κ2) is 2.73. The minimum atomic E-state index is 0.286. The first kappa shape index (κ1) is 8.55. The van der Waals surface area contributed by atoms with Crippen LogP contribution in [0.25, 0.3) is 12.2 Å². The zero-order chi connectivity index (χ0) is 9.47. The maximum atomic E-state index is 2.40. The molecule has 0 nitrogen and oxygen atoms in total. The van der Waals surface area contributed by atoms with Crippen LogP contribution in [-0.4, -0.2) is 0 Å². The molecule has 1 aliphatic carbocycles. The highest BCUT2D eigenvalue weighted by Crippen LogP contribution is 2.26. The molecule has 1 aromatic carbocycles. The molecular formula is C13H16. The predicted octanol–water partition coefficient (Wildman–Crippen LogP) is 1.99. The molecule has 0 N–H and O–H groups in total. The lowest BCUT2D eigenvalue weighted by Gasteiger charge is -2.15. The first-order valence-electron chi connectivity index (χ1n) is 4.96. The first-order valence-corrected chi connectivity index (χ1v) is 4.96. The van der Waals surface area contributed by atoms with Gasteiger partial charge in [-0.1, -0.05) is 44.2 Å². The first-order chi connectivity index (χ1) is 6.14. The highest BCUT2D eigenvalue weighted by atomic mass is 14.2. The fraction of sp³-hybridized carbons (Fsp3) is 0.385. The van der Waals surface area contributed by atoms with E-state index < -0.39 is 0 Å². The lowest BCUT2D eigenvalue weighted by molar-refractivity contribution is 0.609. The summed E-state index contributed by atoms with van der Waals surface area (Å²) < 4.78 is 0. The molecule has 1 atom stereocenters. The van der Waals surface area contributed by atoms with Crippen molar-refractivity contribution in [3.05, 3.63) is 34.2 Å². The van der Waals surface area contributed by atoms with Gasteiger partial charge in [0.15, 0.2) is 0 Å². The van der Waals surface area contributed by atoms with E-state index in [1.54, 1.807) is 0 Å². The van der Waals surface area contributed by atoms with Gasteiger partial charge in [-0.2, -0.15) is 0 Å². The lowest BCUT2D eigenvalue weighted by atomic mass is 9.89. The summed E-state index contributed by atoms with van der Waals surface area (Å²) in [6.45, 7) is 6.73. The average Bonchev–Trinajstić information content (AvgIpc) is 2.45. The van der Waals surface area contributed by atoms with Gasteiger partial charge >= 0.3 is 0 Å². The van der Waals surface area contributed by atoms with E-state index in [4.69, 9.17) is 0 Å². The molecule has 0 heteroatoms. The number of fused-ring (bicyclic) bond motifs is 1. The van der Waals surface area contributed by atoms with Crippen molar-refractivity contribution in [2.75, 3.05) is 0 Å². The minimum Gasteiger partial charge on any atom is -0.0669 e. The van der Waals surface area contributed by atoms with Gasteiger partial charge in [0.1, 0.15) is 0 Å². The monoisotopic (exact) mass is 172 g/mol. The van der Waals surface area contributed by atoms with Crippen LogP contribution in [0.15, 0.2) is 18.2 Å². The third kappa shape index (κ3) is 1.31. The average molecular weight is 172 g/mol. The standard InChI is InChI=1S/C13H16/c1-4-13(3)8-11-7-5-6-10(2)12(11)9-13/h5-9H,4H2,1-3H3. The molecule has 0 saturated carbocycles. The Labute approximate surface area is 79.6 Å². The zero-order valence-corrected chi connectivity index (χ0v) is 8.59. The summed E-state index contributed by atoms with van der Waals surface area (Å²) >= 11 is 0. The molecule has 0 spiro atoms. The van der Waals surface area contributed by atoms with Crippen molar-refractivity contribution in [2.24, 2.45) is 5.41 Å². The van der Waals surface area contributed by atoms with E-state index in [9.17, 15) is 0 Å². The fourth-order valence-electron chi connectivity index (χ4n) is 1.96. The van der Waals surface area contributed by atoms with Gasteiger partial charge in [-0.15, -0.1) is 0 Å². The van der Waals surface area contributed by atoms with Gasteiger partial charge in [-0.3, -0.25) is 0 Å². The van der Waals surface area contributed by atoms with Gasteiger partial charge in [0.05, 0.1) is 0 Å². The fourth-order valence-corrected chi connectivity index (χ4v) is 1.96. The SMILES string of the molecule is CCC1(C)C=c2cccc(C)c2=C1. The quantitative estimate of drug-likeness (QED) is 0.607. The normalized spacial score (nSPS) is 24.8. The van der Waals surface area contributed by atoms with Crippen molar-refractivity contribution in [1.82, 2.24) is 0 Å². The minimum absolute atomic E-state index is 0.286. The Balaban J connectivity index is 2.74. The third-order valence-electron chi connectivity index (χ3n) is 3.08. The summed E-state index contributed by atoms with van der Waals surface area (Å²) in [5.74, 6) is 0. The molecule has 1 aromatic rings. The molecule has 2 rings (SSSR count). The molecule has 0 heterocycles. The van der Waals surface area contributed by atoms with E-state index in [1.807, 2.05) is 0 Å². The second-order valence-corrected chi connectivity index (χ2v) is 4.23. The van der Waals surface area contributed by atoms with Crippen LogP contribution in [0.1, 0.15) is 25.8 Å². The van der Waals surface area contributed by atoms with E-state index in [0.717, 1.165) is 0 Å². The molecule has 0 aromatic heterocycles. The highest BCUT2D eigenvalue weighted by Gasteiger charge is 2.19. The predicted molar refractivity (Wildman–Crippen MR) is 57.8 cm³/mol. The molecule has 13 heavy (non-hydrogen) atoms. The van der Waals surface area contributed by atoms with Gasteiger partial charge in [0.2, 0.25) is 0 Å². The molecular weight excluding hydrogens is 156 g/mol. The smallest absolute Gasteiger partial charge is 0.00485 e. The Morgan fingerprint density at radius 3 is 2.62 bits per heavy atom. The summed E-state index contributed by atoms with van der Waals surface area (Å²) in [5.41, 5.74) is 1.68. The van der Waals surface area contributed by atoms with Crippen molar-refractivity contribution in [1.29, 1.82) is 0 Å². The van der Waals surface area contributed by atoms with Gasteiger partial charge < -0.3 is 0 Å². The highest BCUT2D eigenvalue weighted by molar-refractivity contribution is 5.57. The molecule has 0 saturated heterocycles. The van der Waals surface area contributed by atoms with Crippen molar-refractivity contribution in [3.63, 3.8) is 0 Å². The molecule has 68 valence electrons. The summed E-state index contributed by atoms with van der Waals surface area (Å²) in [6.07, 6.45) is 5.97. The molecule has 0 aliphatic heterocycles. The third-order valence-corrected chi connectivity index (χ3v) is 3.08. The summed E-state index contributed by atoms with van der Waals surface area (Å²) in [4.78, 5) is 0. The Morgan fingerprint density at radius 1 is 1.23 bits per heavy atom. The largest absolute Gasteiger partial charge is 0.0669 e. The summed E-state index contributed by atoms with van der Waals surface area (Å²) in [5, 5.41) is 2.84. The van der Waals surface area contributed by atoms with Crippen LogP contribution in [0.3, 0.4) is 0 Å². The number of hydrogen-bond acceptors (Lipinski definition) is 0. The second-order valence-electron chi connectivity index (χ2n) is 4.23. The van der Waals surface area contributed by atoms with Crippen molar-refractivity contribution in [2.45, 2.75) is 27.2 Å². The Morgan fingerprint density at radius 2 is 2.00 bits per heavy atom. The van der Waals surface area contributed by atoms with Gasteiger partial charge in [-0.25, -0.2) is 0 Å². The molecule has 0 amide bonds. The van der Waals surface area contributed by atoms with Gasteiger partial charge in [-0.05, 0) is 29.3 Å². The van der Waals surface area contributed by atoms with E-state index >= 15 is 0 Å². The molecule has 1 aliphatic rings. The lowest BCUT2D eigenvalue weighted by Crippen LogP contribution is -2.23. The topological polar surface area (TPSA) is 0 Å². The van der Waals surface area contributed by atoms with Crippen molar-refractivity contribution < 1.29 is 0 Å². The number of hydrogen-bond donors (Lipinski definition) is 0. The maximum Gasteiger partial charge on any atom is 0.00485 e. The van der Waals surface area contributed by atoms with E-state index in [-0.39, 0.29) is 5.41 Å². The molecule has 0 fully saturated rings. The van der Waals surface area contributed by atoms with E-state index in [2.05, 4.69) is 51.1 Å². The number of aryl methyl sites for hydroxylation is 1. The number of benzene rings is 1. The Hall–Kier alpha value is -1.04. The molecule has 0 radical (unpaired) electrons. The number of rotatable bonds is 1. The van der Waals surface area contributed by atoms with Gasteiger partial charge in [0.25, 0.3) is 0 Å². The van der Waals surface area contributed by atoms with Crippen LogP contribution < -0.4 is 10.4 Å². The molecule has 1 unspecified atom stereocenters. The van der Waals surface area contributed by atoms with Gasteiger partial charge in [0, 0.05) is 5.41 Å². The van der Waals surface area contributed by atoms with Crippen LogP contribution in [-0.2, 0) is 0 Å². The van der Waals surface area contributed by atoms with E-state index in [1.165, 1.54) is 22.4 Å².